The van der Waals surface area contributed by atoms with Gasteiger partial charge in [-0.15, -0.1) is 12.2 Å². The first kappa shape index (κ1) is 21.7. The van der Waals surface area contributed by atoms with Crippen molar-refractivity contribution in [2.75, 3.05) is 0 Å². The summed E-state index contributed by atoms with van der Waals surface area (Å²) >= 11 is 0. The van der Waals surface area contributed by atoms with Crippen molar-refractivity contribution in [3.05, 3.63) is 77.9 Å². The largest absolute Gasteiger partial charge is 2.00 e. The van der Waals surface area contributed by atoms with Crippen LogP contribution in [0, 0.1) is 36.4 Å². The van der Waals surface area contributed by atoms with Crippen molar-refractivity contribution < 1.29 is 45.6 Å². The zero-order valence-electron chi connectivity index (χ0n) is 11.4. The fourth-order valence-corrected chi connectivity index (χ4v) is 1.05. The van der Waals surface area contributed by atoms with Gasteiger partial charge in [-0.25, -0.2) is 14.1 Å². The SMILES string of the molecule is O=S(=O)([O-])C(F)(F)F.[C]1=C=C=C=[C-]1.[Ru+2].c1c#cc2ccccc2c#1. The molecule has 8 heteroatoms. The Balaban J connectivity index is 0.000000342. The third-order valence-electron chi connectivity index (χ3n) is 1.98. The molecule has 2 aromatic carbocycles. The molecule has 0 heterocycles. The summed E-state index contributed by atoms with van der Waals surface area (Å²) in [6.07, 6.45) is 5.00. The first-order valence-corrected chi connectivity index (χ1v) is 7.01. The summed E-state index contributed by atoms with van der Waals surface area (Å²) in [5, 5.41) is 2.09. The summed E-state index contributed by atoms with van der Waals surface area (Å²) in [6, 6.07) is 19.2. The van der Waals surface area contributed by atoms with Crippen LogP contribution >= 0.6 is 0 Å². The maximum Gasteiger partial charge on any atom is 2.00 e. The molecule has 3 nitrogen and oxygen atoms in total. The van der Waals surface area contributed by atoms with Crippen LogP contribution in [0.25, 0.3) is 10.8 Å². The third-order valence-corrected chi connectivity index (χ3v) is 2.55. The van der Waals surface area contributed by atoms with Crippen molar-refractivity contribution in [2.24, 2.45) is 0 Å². The molecule has 121 valence electrons. The first-order chi connectivity index (χ1) is 10.7. The molecular weight excluding hydrogens is 430 g/mol. The smallest absolute Gasteiger partial charge is 0.741 e. The van der Waals surface area contributed by atoms with Crippen molar-refractivity contribution in [1.29, 1.82) is 0 Å². The number of rotatable bonds is 0. The predicted octanol–water partition coefficient (Wildman–Crippen LogP) is 2.72. The van der Waals surface area contributed by atoms with Gasteiger partial charge in [0, 0.05) is 10.8 Å². The van der Waals surface area contributed by atoms with Gasteiger partial charge in [0.2, 0.25) is 0 Å². The quantitative estimate of drug-likeness (QED) is 0.211. The number of alkyl halides is 3. The zero-order chi connectivity index (χ0) is 17.3. The van der Waals surface area contributed by atoms with E-state index >= 15 is 0 Å². The van der Waals surface area contributed by atoms with E-state index in [-0.39, 0.29) is 19.5 Å². The summed E-state index contributed by atoms with van der Waals surface area (Å²) in [5.74, 6) is 0. The molecule has 1 radical (unpaired) electrons. The molecule has 0 aliphatic heterocycles. The van der Waals surface area contributed by atoms with E-state index in [0.29, 0.717) is 0 Å². The molecule has 0 fully saturated rings. The number of hydrogen-bond acceptors (Lipinski definition) is 3. The van der Waals surface area contributed by atoms with Gasteiger partial charge in [0.15, 0.2) is 10.1 Å². The Morgan fingerprint density at radius 2 is 1.46 bits per heavy atom. The molecule has 2 aromatic rings. The molecule has 0 bridgehead atoms. The van der Waals surface area contributed by atoms with Gasteiger partial charge >= 0.3 is 25.0 Å². The monoisotopic (exact) mass is 435 g/mol. The average Bonchev–Trinajstić information content (AvgIpc) is 3.05. The van der Waals surface area contributed by atoms with Crippen molar-refractivity contribution in [2.45, 2.75) is 5.51 Å². The topological polar surface area (TPSA) is 57.2 Å². The van der Waals surface area contributed by atoms with Crippen molar-refractivity contribution in [3.8, 4) is 0 Å². The van der Waals surface area contributed by atoms with Crippen molar-refractivity contribution in [1.82, 2.24) is 0 Å². The Labute approximate surface area is 150 Å². The van der Waals surface area contributed by atoms with Crippen LogP contribution in [0.5, 0.6) is 0 Å². The molecule has 0 saturated carbocycles. The molecule has 0 spiro atoms. The van der Waals surface area contributed by atoms with Gasteiger partial charge in [-0.05, 0) is 24.3 Å². The Bertz CT molecular complexity index is 820. The maximum absolute atomic E-state index is 10.7. The summed E-state index contributed by atoms with van der Waals surface area (Å²) in [7, 11) is -6.09. The molecule has 3 rings (SSSR count). The fraction of sp³-hybridized carbons (Fsp3) is 0.0625. The van der Waals surface area contributed by atoms with Gasteiger partial charge in [-0.1, -0.05) is 24.3 Å². The zero-order valence-corrected chi connectivity index (χ0v) is 14.0. The second kappa shape index (κ2) is 9.79. The Morgan fingerprint density at radius 3 is 1.71 bits per heavy atom. The molecule has 0 saturated heterocycles. The molecule has 0 unspecified atom stereocenters. The number of halogens is 3. The molecule has 0 atom stereocenters. The van der Waals surface area contributed by atoms with Crippen LogP contribution in [-0.2, 0) is 29.6 Å². The van der Waals surface area contributed by atoms with E-state index in [1.807, 2.05) is 24.3 Å². The van der Waals surface area contributed by atoms with E-state index in [2.05, 4.69) is 53.6 Å². The third kappa shape index (κ3) is 7.84. The van der Waals surface area contributed by atoms with Gasteiger partial charge in [-0.3, -0.25) is 11.5 Å². The summed E-state index contributed by atoms with van der Waals surface area (Å²) < 4.78 is 58.9. The molecule has 24 heavy (non-hydrogen) atoms. The van der Waals surface area contributed by atoms with E-state index in [1.165, 1.54) is 0 Å². The van der Waals surface area contributed by atoms with E-state index in [9.17, 15) is 13.2 Å². The van der Waals surface area contributed by atoms with Gasteiger partial charge in [0.05, 0.1) is 0 Å². The van der Waals surface area contributed by atoms with Gasteiger partial charge < -0.3 is 4.55 Å². The van der Waals surface area contributed by atoms with Gasteiger partial charge in [0.1, 0.15) is 0 Å². The number of hydrogen-bond donors (Lipinski definition) is 0. The Kier molecular flexibility index (Phi) is 8.87. The minimum atomic E-state index is -6.09. The van der Waals surface area contributed by atoms with Crippen LogP contribution < -0.4 is 0 Å². The van der Waals surface area contributed by atoms with E-state index in [0.717, 1.165) is 10.8 Å². The number of allylic oxidation sites excluding steroid dienone is 2. The Hall–Kier alpha value is -2.26. The Morgan fingerprint density at radius 1 is 1.00 bits per heavy atom. The van der Waals surface area contributed by atoms with Crippen molar-refractivity contribution >= 4 is 20.9 Å². The van der Waals surface area contributed by atoms with Crippen LogP contribution in [-0.4, -0.2) is 18.5 Å². The molecular formula is C16H4F3O3RuS. The first-order valence-electron chi connectivity index (χ1n) is 5.60. The van der Waals surface area contributed by atoms with Crippen molar-refractivity contribution in [3.63, 3.8) is 0 Å². The molecule has 0 aromatic heterocycles. The number of fused-ring (bicyclic) bond motifs is 1. The molecule has 0 amide bonds. The molecule has 0 N–H and O–H groups in total. The van der Waals surface area contributed by atoms with Crippen LogP contribution in [0.2, 0.25) is 0 Å². The summed E-state index contributed by atoms with van der Waals surface area (Å²) in [6.45, 7) is 0. The van der Waals surface area contributed by atoms with E-state index in [1.54, 1.807) is 0 Å². The fourth-order valence-electron chi connectivity index (χ4n) is 1.05. The minimum Gasteiger partial charge on any atom is -0.741 e. The standard InChI is InChI=1S/C10H4.C5.CHF3O3S.Ru/c1-2-6-10-8-4-3-7-9(10)5-1;1-2-4-5-3-1;2-1(3,4)8(5,6)7;/h1-2,5-6H;;(H,5,6,7);/q;-1;;+2/p-1. The van der Waals surface area contributed by atoms with Crippen LogP contribution in [0.1, 0.15) is 0 Å². The molecule has 1 aliphatic rings. The average molecular weight is 434 g/mol. The maximum atomic E-state index is 10.7. The van der Waals surface area contributed by atoms with Crippen LogP contribution in [0.15, 0.2) is 41.5 Å². The van der Waals surface area contributed by atoms with Crippen LogP contribution in [0.3, 0.4) is 0 Å². The van der Waals surface area contributed by atoms with Gasteiger partial charge in [-0.2, -0.15) is 13.2 Å². The second-order valence-corrected chi connectivity index (χ2v) is 4.94. The second-order valence-electron chi connectivity index (χ2n) is 3.57. The van der Waals surface area contributed by atoms with Gasteiger partial charge in [0.25, 0.3) is 0 Å². The molecule has 1 aliphatic carbocycles. The van der Waals surface area contributed by atoms with E-state index < -0.39 is 15.6 Å². The normalized spacial score (nSPS) is 10.5. The number of benzene rings is 1. The minimum absolute atomic E-state index is 0. The van der Waals surface area contributed by atoms with E-state index in [4.69, 9.17) is 13.0 Å². The predicted molar refractivity (Wildman–Crippen MR) is 72.1 cm³/mol. The summed E-state index contributed by atoms with van der Waals surface area (Å²) in [4.78, 5) is 0. The summed E-state index contributed by atoms with van der Waals surface area (Å²) in [5.41, 5.74) is 1.85. The van der Waals surface area contributed by atoms with Crippen LogP contribution in [0.4, 0.5) is 13.2 Å².